The molecule has 1 amide bonds. The topological polar surface area (TPSA) is 32.3 Å². The van der Waals surface area contributed by atoms with E-state index in [9.17, 15) is 4.79 Å². The van der Waals surface area contributed by atoms with Gasteiger partial charge in [0.1, 0.15) is 0 Å². The van der Waals surface area contributed by atoms with Crippen LogP contribution in [0.2, 0.25) is 0 Å². The maximum atomic E-state index is 11.9. The minimum Gasteiger partial charge on any atom is -0.355 e. The molecule has 1 aromatic rings. The summed E-state index contributed by atoms with van der Waals surface area (Å²) in [5, 5.41) is 5.26. The molecule has 1 fully saturated rings. The number of likely N-dealkylation sites (tertiary alicyclic amines) is 1. The molecule has 1 unspecified atom stereocenters. The molecule has 1 N–H and O–H groups in total. The number of hydrogen-bond acceptors (Lipinski definition) is 4. The second-order valence-electron chi connectivity index (χ2n) is 7.03. The van der Waals surface area contributed by atoms with E-state index in [2.05, 4.69) is 48.5 Å². The zero-order valence-corrected chi connectivity index (χ0v) is 15.6. The number of piperidine rings is 1. The highest BCUT2D eigenvalue weighted by atomic mass is 32.2. The number of thioether (sulfide) groups is 1. The van der Waals surface area contributed by atoms with Crippen LogP contribution in [0.1, 0.15) is 38.5 Å². The minimum absolute atomic E-state index is 0.152. The molecule has 0 radical (unpaired) electrons. The van der Waals surface area contributed by atoms with Gasteiger partial charge < -0.3 is 5.32 Å². The van der Waals surface area contributed by atoms with Crippen molar-refractivity contribution in [2.24, 2.45) is 5.92 Å². The Labute approximate surface area is 142 Å². The summed E-state index contributed by atoms with van der Waals surface area (Å²) in [5.41, 5.74) is 0. The normalized spacial score (nSPS) is 20.0. The Morgan fingerprint density at radius 1 is 1.50 bits per heavy atom. The predicted molar refractivity (Wildman–Crippen MR) is 97.5 cm³/mol. The Morgan fingerprint density at radius 3 is 3.00 bits per heavy atom. The van der Waals surface area contributed by atoms with Crippen LogP contribution in [0.25, 0.3) is 0 Å². The van der Waals surface area contributed by atoms with Gasteiger partial charge in [-0.2, -0.15) is 0 Å². The van der Waals surface area contributed by atoms with Crippen LogP contribution in [-0.2, 0) is 11.3 Å². The van der Waals surface area contributed by atoms with Crippen molar-refractivity contribution in [3.05, 3.63) is 22.4 Å². The lowest BCUT2D eigenvalue weighted by Gasteiger charge is -2.32. The number of carbonyl (C=O) groups excluding carboxylic acids is 1. The van der Waals surface area contributed by atoms with Gasteiger partial charge in [0, 0.05) is 29.3 Å². The lowest BCUT2D eigenvalue weighted by molar-refractivity contribution is -0.118. The molecule has 1 aromatic heterocycles. The average Bonchev–Trinajstić information content (AvgIpc) is 2.95. The zero-order valence-electron chi connectivity index (χ0n) is 13.9. The van der Waals surface area contributed by atoms with Gasteiger partial charge in [0.15, 0.2) is 0 Å². The van der Waals surface area contributed by atoms with Gasteiger partial charge in [0.25, 0.3) is 0 Å². The van der Waals surface area contributed by atoms with Crippen LogP contribution in [0.5, 0.6) is 0 Å². The predicted octanol–water partition coefficient (Wildman–Crippen LogP) is 3.61. The summed E-state index contributed by atoms with van der Waals surface area (Å²) in [6, 6.07) is 4.33. The Hall–Kier alpha value is -0.520. The van der Waals surface area contributed by atoms with Crippen molar-refractivity contribution < 1.29 is 4.79 Å². The van der Waals surface area contributed by atoms with Gasteiger partial charge in [-0.1, -0.05) is 26.8 Å². The van der Waals surface area contributed by atoms with Crippen molar-refractivity contribution in [3.63, 3.8) is 0 Å². The third kappa shape index (κ3) is 6.71. The van der Waals surface area contributed by atoms with E-state index in [1.807, 2.05) is 11.3 Å². The molecule has 1 aliphatic heterocycles. The number of rotatable bonds is 6. The molecule has 0 bridgehead atoms. The number of amides is 1. The first-order valence-corrected chi connectivity index (χ1v) is 9.94. The summed E-state index contributed by atoms with van der Waals surface area (Å²) >= 11 is 3.54. The van der Waals surface area contributed by atoms with E-state index in [1.165, 1.54) is 24.3 Å². The van der Waals surface area contributed by atoms with Gasteiger partial charge in [0.2, 0.25) is 5.91 Å². The fraction of sp³-hybridized carbons (Fsp3) is 0.706. The largest absolute Gasteiger partial charge is 0.355 e. The first kappa shape index (κ1) is 17.8. The van der Waals surface area contributed by atoms with Crippen LogP contribution in [0.15, 0.2) is 17.5 Å². The minimum atomic E-state index is 0.152. The van der Waals surface area contributed by atoms with Crippen LogP contribution in [0, 0.1) is 5.92 Å². The third-order valence-electron chi connectivity index (χ3n) is 3.79. The van der Waals surface area contributed by atoms with Crippen molar-refractivity contribution in [3.8, 4) is 0 Å². The highest BCUT2D eigenvalue weighted by molar-refractivity contribution is 8.01. The van der Waals surface area contributed by atoms with Gasteiger partial charge in [-0.3, -0.25) is 9.69 Å². The lowest BCUT2D eigenvalue weighted by Crippen LogP contribution is -2.41. The SMILES string of the molecule is CC(C)(C)SCC(=O)NCC1CCCN(Cc2cccs2)C1. The van der Waals surface area contributed by atoms with Gasteiger partial charge in [0.05, 0.1) is 5.75 Å². The molecule has 22 heavy (non-hydrogen) atoms. The highest BCUT2D eigenvalue weighted by Crippen LogP contribution is 2.23. The first-order valence-electron chi connectivity index (χ1n) is 8.08. The fourth-order valence-corrected chi connectivity index (χ4v) is 4.09. The molecular formula is C17H28N2OS2. The Balaban J connectivity index is 1.68. The van der Waals surface area contributed by atoms with E-state index in [4.69, 9.17) is 0 Å². The number of hydrogen-bond donors (Lipinski definition) is 1. The molecule has 3 nitrogen and oxygen atoms in total. The summed E-state index contributed by atoms with van der Waals surface area (Å²) in [6.07, 6.45) is 2.47. The van der Waals surface area contributed by atoms with Crippen LogP contribution in [0.4, 0.5) is 0 Å². The molecule has 5 heteroatoms. The summed E-state index contributed by atoms with van der Waals surface area (Å²) in [4.78, 5) is 15.9. The molecule has 124 valence electrons. The quantitative estimate of drug-likeness (QED) is 0.858. The lowest BCUT2D eigenvalue weighted by atomic mass is 9.98. The molecule has 0 saturated carbocycles. The van der Waals surface area contributed by atoms with Crippen molar-refractivity contribution in [1.82, 2.24) is 10.2 Å². The van der Waals surface area contributed by atoms with E-state index in [1.54, 1.807) is 11.8 Å². The standard InChI is InChI=1S/C17H28N2OS2/c1-17(2,3)22-13-16(20)18-10-14-6-4-8-19(11-14)12-15-7-5-9-21-15/h5,7,9,14H,4,6,8,10-13H2,1-3H3,(H,18,20). The third-order valence-corrected chi connectivity index (χ3v) is 5.92. The Bertz CT molecular complexity index is 454. The highest BCUT2D eigenvalue weighted by Gasteiger charge is 2.21. The number of thiophene rings is 1. The molecule has 1 saturated heterocycles. The van der Waals surface area contributed by atoms with Crippen LogP contribution >= 0.6 is 23.1 Å². The maximum absolute atomic E-state index is 11.9. The van der Waals surface area contributed by atoms with E-state index in [0.717, 1.165) is 19.6 Å². The number of nitrogens with zero attached hydrogens (tertiary/aromatic N) is 1. The molecule has 1 aliphatic rings. The molecule has 2 heterocycles. The van der Waals surface area contributed by atoms with Gasteiger partial charge in [-0.15, -0.1) is 23.1 Å². The second-order valence-corrected chi connectivity index (χ2v) is 9.86. The number of carbonyl (C=O) groups is 1. The molecule has 2 rings (SSSR count). The van der Waals surface area contributed by atoms with E-state index in [-0.39, 0.29) is 10.7 Å². The number of nitrogens with one attached hydrogen (secondary N) is 1. The van der Waals surface area contributed by atoms with Gasteiger partial charge >= 0.3 is 0 Å². The molecule has 0 aromatic carbocycles. The second kappa shape index (κ2) is 8.37. The maximum Gasteiger partial charge on any atom is 0.230 e. The van der Waals surface area contributed by atoms with Crippen molar-refractivity contribution >= 4 is 29.0 Å². The van der Waals surface area contributed by atoms with Crippen LogP contribution in [-0.4, -0.2) is 40.9 Å². The summed E-state index contributed by atoms with van der Waals surface area (Å²) in [6.45, 7) is 10.6. The van der Waals surface area contributed by atoms with E-state index >= 15 is 0 Å². The van der Waals surface area contributed by atoms with E-state index < -0.39 is 0 Å². The van der Waals surface area contributed by atoms with Crippen LogP contribution in [0.3, 0.4) is 0 Å². The Morgan fingerprint density at radius 2 is 2.32 bits per heavy atom. The molecule has 0 aliphatic carbocycles. The van der Waals surface area contributed by atoms with Crippen molar-refractivity contribution in [2.75, 3.05) is 25.4 Å². The summed E-state index contributed by atoms with van der Waals surface area (Å²) < 4.78 is 0.152. The summed E-state index contributed by atoms with van der Waals surface area (Å²) in [7, 11) is 0. The van der Waals surface area contributed by atoms with Crippen LogP contribution < -0.4 is 5.32 Å². The fourth-order valence-electron chi connectivity index (χ4n) is 2.68. The first-order chi connectivity index (χ1) is 10.4. The van der Waals surface area contributed by atoms with E-state index in [0.29, 0.717) is 11.7 Å². The molecule has 0 spiro atoms. The van der Waals surface area contributed by atoms with Gasteiger partial charge in [-0.05, 0) is 36.8 Å². The Kier molecular flexibility index (Phi) is 6.78. The molecular weight excluding hydrogens is 312 g/mol. The average molecular weight is 341 g/mol. The smallest absolute Gasteiger partial charge is 0.230 e. The monoisotopic (exact) mass is 340 g/mol. The zero-order chi connectivity index (χ0) is 16.0. The van der Waals surface area contributed by atoms with Crippen molar-refractivity contribution in [2.45, 2.75) is 44.9 Å². The molecule has 1 atom stereocenters. The van der Waals surface area contributed by atoms with Crippen molar-refractivity contribution in [1.29, 1.82) is 0 Å². The van der Waals surface area contributed by atoms with Gasteiger partial charge in [-0.25, -0.2) is 0 Å². The summed E-state index contributed by atoms with van der Waals surface area (Å²) in [5.74, 6) is 1.34.